The average molecular weight is 410 g/mol. The molecule has 0 bridgehead atoms. The fourth-order valence-corrected chi connectivity index (χ4v) is 2.96. The maximum Gasteiger partial charge on any atom is 0.425 e. The van der Waals surface area contributed by atoms with Crippen molar-refractivity contribution in [2.24, 2.45) is 5.41 Å². The number of aromatic amines is 1. The smallest absolute Gasteiger partial charge is 0.330 e. The van der Waals surface area contributed by atoms with Crippen LogP contribution in [0.1, 0.15) is 26.3 Å². The van der Waals surface area contributed by atoms with Crippen LogP contribution in [0, 0.1) is 5.41 Å². The molecule has 1 aromatic carbocycles. The number of H-pyrrole nitrogens is 1. The molecule has 1 aromatic heterocycles. The molecular weight excluding hydrogens is 393 g/mol. The molecule has 1 aliphatic heterocycles. The Balaban J connectivity index is 2.38. The van der Waals surface area contributed by atoms with Crippen molar-refractivity contribution in [3.05, 3.63) is 56.7 Å². The highest BCUT2D eigenvalue weighted by Crippen LogP contribution is 2.45. The molecule has 3 rings (SSSR count). The van der Waals surface area contributed by atoms with Crippen molar-refractivity contribution in [3.63, 3.8) is 0 Å². The van der Waals surface area contributed by atoms with Crippen molar-refractivity contribution in [1.29, 1.82) is 0 Å². The Morgan fingerprint density at radius 3 is 2.17 bits per heavy atom. The second-order valence-electron chi connectivity index (χ2n) is 7.56. The van der Waals surface area contributed by atoms with Gasteiger partial charge in [0.05, 0.1) is 5.69 Å². The summed E-state index contributed by atoms with van der Waals surface area (Å²) in [5.74, 6) is -3.44. The number of benzene rings is 1. The first kappa shape index (κ1) is 20.4. The molecule has 8 nitrogen and oxygen atoms in total. The first-order valence-electron chi connectivity index (χ1n) is 8.46. The normalized spacial score (nSPS) is 18.9. The molecule has 1 aliphatic rings. The Kier molecular flexibility index (Phi) is 4.44. The van der Waals surface area contributed by atoms with Crippen LogP contribution in [0.3, 0.4) is 0 Å². The number of alkyl halides is 3. The third kappa shape index (κ3) is 3.02. The van der Waals surface area contributed by atoms with Crippen LogP contribution < -0.4 is 21.9 Å². The van der Waals surface area contributed by atoms with Crippen LogP contribution >= 0.6 is 0 Å². The lowest BCUT2D eigenvalue weighted by molar-refractivity contribution is -0.201. The summed E-state index contributed by atoms with van der Waals surface area (Å²) in [7, 11) is 0. The molecule has 11 heteroatoms. The molecule has 0 fully saturated rings. The van der Waals surface area contributed by atoms with E-state index in [4.69, 9.17) is 0 Å². The average Bonchev–Trinajstić information content (AvgIpc) is 2.88. The first-order valence-corrected chi connectivity index (χ1v) is 8.46. The Labute approximate surface area is 161 Å². The number of carbonyl (C=O) groups is 2. The van der Waals surface area contributed by atoms with Gasteiger partial charge in [-0.3, -0.25) is 19.4 Å². The number of hydrogen-bond donors (Lipinski definition) is 3. The molecule has 154 valence electrons. The third-order valence-corrected chi connectivity index (χ3v) is 4.48. The van der Waals surface area contributed by atoms with Gasteiger partial charge in [-0.05, 0) is 12.1 Å². The summed E-state index contributed by atoms with van der Waals surface area (Å²) in [5.41, 5.74) is -8.39. The zero-order valence-corrected chi connectivity index (χ0v) is 15.6. The number of rotatable bonds is 2. The minimum atomic E-state index is -5.37. The van der Waals surface area contributed by atoms with E-state index in [1.807, 2.05) is 5.32 Å². The van der Waals surface area contributed by atoms with Gasteiger partial charge < -0.3 is 10.6 Å². The van der Waals surface area contributed by atoms with Crippen LogP contribution in [-0.2, 0) is 15.1 Å². The fraction of sp³-hybridized carbons (Fsp3) is 0.333. The number of carbonyl (C=O) groups excluding carboxylic acids is 2. The lowest BCUT2D eigenvalue weighted by Gasteiger charge is -2.32. The number of nitrogens with zero attached hydrogens (tertiary/aromatic N) is 1. The summed E-state index contributed by atoms with van der Waals surface area (Å²) in [5, 5.41) is 3.68. The van der Waals surface area contributed by atoms with E-state index in [9.17, 15) is 32.3 Å². The predicted octanol–water partition coefficient (Wildman–Crippen LogP) is 1.40. The first-order chi connectivity index (χ1) is 13.3. The number of fused-ring (bicyclic) bond motifs is 1. The molecule has 2 heterocycles. The van der Waals surface area contributed by atoms with Crippen molar-refractivity contribution in [3.8, 4) is 5.69 Å². The van der Waals surface area contributed by atoms with Crippen LogP contribution in [0.2, 0.25) is 0 Å². The molecular formula is C18H17F3N4O4. The Morgan fingerprint density at radius 1 is 1.07 bits per heavy atom. The molecule has 1 atom stereocenters. The number of amides is 2. The molecule has 2 aromatic rings. The number of aromatic nitrogens is 2. The number of halogens is 3. The van der Waals surface area contributed by atoms with Gasteiger partial charge in [-0.25, -0.2) is 9.36 Å². The van der Waals surface area contributed by atoms with Crippen molar-refractivity contribution >= 4 is 17.6 Å². The second-order valence-corrected chi connectivity index (χ2v) is 7.56. The van der Waals surface area contributed by atoms with Crippen LogP contribution in [-0.4, -0.2) is 27.5 Å². The highest BCUT2D eigenvalue weighted by atomic mass is 19.4. The Hall–Kier alpha value is -3.37. The number of hydrogen-bond acceptors (Lipinski definition) is 4. The van der Waals surface area contributed by atoms with Crippen molar-refractivity contribution < 1.29 is 22.8 Å². The van der Waals surface area contributed by atoms with Crippen molar-refractivity contribution in [2.75, 3.05) is 5.32 Å². The minimum Gasteiger partial charge on any atom is -0.330 e. The standard InChI is InChI=1S/C18H17F3N4O4/c1-16(2,3)13(27)24-17(18(19,20)21)10-11(22-14(17)28)25(15(29)23-12(10)26)9-7-5-4-6-8-9/h4-8H,1-3H3,(H,22,28)(H,24,27)(H,23,26,29). The van der Waals surface area contributed by atoms with Gasteiger partial charge in [-0.1, -0.05) is 39.0 Å². The predicted molar refractivity (Wildman–Crippen MR) is 96.6 cm³/mol. The molecule has 0 saturated heterocycles. The number of para-hydroxylation sites is 1. The van der Waals surface area contributed by atoms with E-state index < -0.39 is 51.6 Å². The van der Waals surface area contributed by atoms with Gasteiger partial charge in [0, 0.05) is 5.41 Å². The molecule has 2 amide bonds. The SMILES string of the molecule is CC(C)(C)C(=O)NC1(C(F)(F)F)C(=O)Nc2c1c(=O)[nH]c(=O)n2-c1ccccc1. The second kappa shape index (κ2) is 6.33. The quantitative estimate of drug-likeness (QED) is 0.695. The summed E-state index contributed by atoms with van der Waals surface area (Å²) >= 11 is 0. The van der Waals surface area contributed by atoms with Crippen molar-refractivity contribution in [1.82, 2.24) is 14.9 Å². The van der Waals surface area contributed by atoms with Gasteiger partial charge >= 0.3 is 11.9 Å². The van der Waals surface area contributed by atoms with Crippen LogP contribution in [0.4, 0.5) is 19.0 Å². The Bertz CT molecular complexity index is 1110. The summed E-state index contributed by atoms with van der Waals surface area (Å²) in [6.45, 7) is 4.07. The molecule has 0 spiro atoms. The summed E-state index contributed by atoms with van der Waals surface area (Å²) < 4.78 is 43.3. The van der Waals surface area contributed by atoms with E-state index in [0.717, 1.165) is 4.57 Å². The van der Waals surface area contributed by atoms with Crippen LogP contribution in [0.25, 0.3) is 5.69 Å². The zero-order chi connectivity index (χ0) is 21.8. The van der Waals surface area contributed by atoms with Gasteiger partial charge in [0.15, 0.2) is 0 Å². The number of anilines is 1. The topological polar surface area (TPSA) is 113 Å². The van der Waals surface area contributed by atoms with Gasteiger partial charge in [-0.15, -0.1) is 0 Å². The molecule has 0 radical (unpaired) electrons. The summed E-state index contributed by atoms with van der Waals surface area (Å²) in [4.78, 5) is 51.6. The molecule has 0 saturated carbocycles. The molecule has 29 heavy (non-hydrogen) atoms. The van der Waals surface area contributed by atoms with E-state index in [0.29, 0.717) is 0 Å². The maximum absolute atomic E-state index is 14.2. The Morgan fingerprint density at radius 2 is 1.66 bits per heavy atom. The highest BCUT2D eigenvalue weighted by molar-refractivity contribution is 6.08. The zero-order valence-electron chi connectivity index (χ0n) is 15.6. The summed E-state index contributed by atoms with van der Waals surface area (Å²) in [6, 6.07) is 7.48. The van der Waals surface area contributed by atoms with Gasteiger partial charge in [-0.2, -0.15) is 13.2 Å². The fourth-order valence-electron chi connectivity index (χ4n) is 2.96. The number of nitrogens with one attached hydrogen (secondary N) is 3. The third-order valence-electron chi connectivity index (χ3n) is 4.48. The summed E-state index contributed by atoms with van der Waals surface area (Å²) in [6.07, 6.45) is -5.37. The molecule has 0 aliphatic carbocycles. The van der Waals surface area contributed by atoms with E-state index in [2.05, 4.69) is 0 Å². The van der Waals surface area contributed by atoms with Crippen molar-refractivity contribution in [2.45, 2.75) is 32.5 Å². The van der Waals surface area contributed by atoms with E-state index in [1.165, 1.54) is 45.0 Å². The maximum atomic E-state index is 14.2. The van der Waals surface area contributed by atoms with Gasteiger partial charge in [0.25, 0.3) is 11.5 Å². The monoisotopic (exact) mass is 410 g/mol. The lowest BCUT2D eigenvalue weighted by atomic mass is 9.88. The highest BCUT2D eigenvalue weighted by Gasteiger charge is 2.68. The van der Waals surface area contributed by atoms with E-state index >= 15 is 0 Å². The van der Waals surface area contributed by atoms with E-state index in [-0.39, 0.29) is 5.69 Å². The van der Waals surface area contributed by atoms with Crippen LogP contribution in [0.15, 0.2) is 39.9 Å². The van der Waals surface area contributed by atoms with Gasteiger partial charge in [0.2, 0.25) is 11.4 Å². The minimum absolute atomic E-state index is 0.116. The van der Waals surface area contributed by atoms with Gasteiger partial charge in [0.1, 0.15) is 11.4 Å². The van der Waals surface area contributed by atoms with E-state index in [1.54, 1.807) is 16.4 Å². The molecule has 1 unspecified atom stereocenters. The lowest BCUT2D eigenvalue weighted by Crippen LogP contribution is -2.63. The van der Waals surface area contributed by atoms with Crippen LogP contribution in [0.5, 0.6) is 0 Å². The largest absolute Gasteiger partial charge is 0.425 e. The molecule has 3 N–H and O–H groups in total.